The topological polar surface area (TPSA) is 125 Å². The molecule has 2 fully saturated rings. The Morgan fingerprint density at radius 1 is 1.02 bits per heavy atom. The Kier molecular flexibility index (Phi) is 11.5. The third kappa shape index (κ3) is 8.54. The minimum absolute atomic E-state index is 0.0244. The Bertz CT molecular complexity index is 1790. The van der Waals surface area contributed by atoms with Crippen LogP contribution in [0.3, 0.4) is 0 Å². The largest absolute Gasteiger partial charge is 0.496 e. The molecule has 49 heavy (non-hydrogen) atoms. The monoisotopic (exact) mass is 741 g/mol. The number of amides is 1. The number of alkyl halides is 2. The Hall–Kier alpha value is -3.72. The molecule has 0 radical (unpaired) electrons. The van der Waals surface area contributed by atoms with Gasteiger partial charge in [-0.2, -0.15) is 13.1 Å². The predicted octanol–water partition coefficient (Wildman–Crippen LogP) is 6.17. The lowest BCUT2D eigenvalue weighted by Crippen LogP contribution is -2.42. The smallest absolute Gasteiger partial charge is 0.387 e. The highest BCUT2D eigenvalue weighted by molar-refractivity contribution is 7.89. The minimum atomic E-state index is -4.30. The van der Waals surface area contributed by atoms with Gasteiger partial charge in [0.2, 0.25) is 10.0 Å². The van der Waals surface area contributed by atoms with Gasteiger partial charge < -0.3 is 23.8 Å². The number of carbonyl (C=O) groups excluding carboxylic acids is 2. The molecule has 3 aromatic rings. The number of hydrogen-bond donors (Lipinski definition) is 0. The van der Waals surface area contributed by atoms with Crippen LogP contribution >= 0.6 is 23.2 Å². The van der Waals surface area contributed by atoms with E-state index in [0.717, 1.165) is 17.1 Å². The standard InChI is InChI=1S/C33H35Cl2F2N3O8S/c1-39(2)31(41)23-14-21(9-11-27(23)45-3)49(43,44)40-12-4-5-26(40)32(42)47-29(15-22-24(34)16-38-17-25(22)35)20-8-10-28(48-33(36)37)30(13-20)46-18-19-6-7-19/h8-11,13-14,16-17,19,26,29,33H,4-7,12,15,18H2,1-3H3. The first-order valence-electron chi connectivity index (χ1n) is 15.4. The molecular weight excluding hydrogens is 707 g/mol. The van der Waals surface area contributed by atoms with Crippen LogP contribution in [0, 0.1) is 5.92 Å². The zero-order valence-electron chi connectivity index (χ0n) is 26.9. The Labute approximate surface area is 293 Å². The van der Waals surface area contributed by atoms with Crippen molar-refractivity contribution in [3.05, 3.63) is 75.5 Å². The zero-order chi connectivity index (χ0) is 35.5. The first kappa shape index (κ1) is 36.6. The number of methoxy groups -OCH3 is 1. The van der Waals surface area contributed by atoms with E-state index in [1.165, 1.54) is 74.9 Å². The lowest BCUT2D eigenvalue weighted by molar-refractivity contribution is -0.153. The van der Waals surface area contributed by atoms with E-state index in [-0.39, 0.29) is 63.7 Å². The van der Waals surface area contributed by atoms with Crippen LogP contribution in [0.25, 0.3) is 0 Å². The van der Waals surface area contributed by atoms with Gasteiger partial charge in [-0.25, -0.2) is 8.42 Å². The first-order chi connectivity index (χ1) is 23.3. The fourth-order valence-electron chi connectivity index (χ4n) is 5.44. The second-order valence-corrected chi connectivity index (χ2v) is 14.6. The second kappa shape index (κ2) is 15.4. The van der Waals surface area contributed by atoms with E-state index >= 15 is 0 Å². The molecule has 1 amide bonds. The summed E-state index contributed by atoms with van der Waals surface area (Å²) < 4.78 is 77.2. The van der Waals surface area contributed by atoms with Crippen LogP contribution in [0.1, 0.15) is 53.3 Å². The maximum atomic E-state index is 14.0. The van der Waals surface area contributed by atoms with Gasteiger partial charge in [0.1, 0.15) is 17.9 Å². The fraction of sp³-hybridized carbons (Fsp3) is 0.424. The molecule has 0 spiro atoms. The fourth-order valence-corrected chi connectivity index (χ4v) is 7.63. The van der Waals surface area contributed by atoms with Crippen molar-refractivity contribution in [2.24, 2.45) is 5.92 Å². The van der Waals surface area contributed by atoms with E-state index in [0.29, 0.717) is 23.5 Å². The molecule has 2 atom stereocenters. The van der Waals surface area contributed by atoms with Gasteiger partial charge in [0, 0.05) is 39.5 Å². The normalized spacial score (nSPS) is 17.1. The van der Waals surface area contributed by atoms with E-state index in [4.69, 9.17) is 37.4 Å². The van der Waals surface area contributed by atoms with Crippen molar-refractivity contribution in [1.82, 2.24) is 14.2 Å². The van der Waals surface area contributed by atoms with Gasteiger partial charge in [0.25, 0.3) is 5.91 Å². The minimum Gasteiger partial charge on any atom is -0.496 e. The number of sulfonamides is 1. The van der Waals surface area contributed by atoms with Gasteiger partial charge in [0.05, 0.1) is 34.2 Å². The Balaban J connectivity index is 1.47. The van der Waals surface area contributed by atoms with Crippen LogP contribution in [-0.4, -0.2) is 81.5 Å². The summed E-state index contributed by atoms with van der Waals surface area (Å²) in [4.78, 5) is 31.8. The van der Waals surface area contributed by atoms with Gasteiger partial charge in [-0.1, -0.05) is 29.3 Å². The maximum absolute atomic E-state index is 14.0. The van der Waals surface area contributed by atoms with Crippen molar-refractivity contribution < 1.29 is 45.7 Å². The van der Waals surface area contributed by atoms with Gasteiger partial charge in [-0.05, 0) is 73.1 Å². The summed E-state index contributed by atoms with van der Waals surface area (Å²) in [5, 5.41) is 0.396. The molecule has 5 rings (SSSR count). The molecule has 264 valence electrons. The highest BCUT2D eigenvalue weighted by Crippen LogP contribution is 2.39. The highest BCUT2D eigenvalue weighted by atomic mass is 35.5. The summed E-state index contributed by atoms with van der Waals surface area (Å²) in [6.45, 7) is -2.79. The van der Waals surface area contributed by atoms with Crippen molar-refractivity contribution in [1.29, 1.82) is 0 Å². The molecule has 2 aliphatic rings. The predicted molar refractivity (Wildman–Crippen MR) is 176 cm³/mol. The number of pyridine rings is 1. The average molecular weight is 743 g/mol. The van der Waals surface area contributed by atoms with E-state index in [9.17, 15) is 26.8 Å². The van der Waals surface area contributed by atoms with E-state index in [1.54, 1.807) is 0 Å². The van der Waals surface area contributed by atoms with Crippen molar-refractivity contribution >= 4 is 45.1 Å². The first-order valence-corrected chi connectivity index (χ1v) is 17.6. The van der Waals surface area contributed by atoms with Crippen molar-refractivity contribution in [2.45, 2.75) is 55.8 Å². The Morgan fingerprint density at radius 2 is 1.71 bits per heavy atom. The van der Waals surface area contributed by atoms with E-state index in [1.807, 2.05) is 0 Å². The van der Waals surface area contributed by atoms with Gasteiger partial charge >= 0.3 is 12.6 Å². The molecular formula is C33H35Cl2F2N3O8S. The average Bonchev–Trinajstić information content (AvgIpc) is 3.76. The number of rotatable bonds is 14. The van der Waals surface area contributed by atoms with Crippen molar-refractivity contribution in [3.8, 4) is 17.2 Å². The number of hydrogen-bond acceptors (Lipinski definition) is 9. The molecule has 1 aromatic heterocycles. The SMILES string of the molecule is COc1ccc(S(=O)(=O)N2CCCC2C(=O)OC(Cc2c(Cl)cncc2Cl)c2ccc(OC(F)F)c(OCC3CC3)c2)cc1C(=O)N(C)C. The molecule has 1 saturated heterocycles. The third-order valence-electron chi connectivity index (χ3n) is 8.22. The lowest BCUT2D eigenvalue weighted by atomic mass is 10.0. The number of nitrogens with zero attached hydrogens (tertiary/aromatic N) is 3. The molecule has 2 unspecified atom stereocenters. The quantitative estimate of drug-likeness (QED) is 0.179. The second-order valence-electron chi connectivity index (χ2n) is 11.9. The lowest BCUT2D eigenvalue weighted by Gasteiger charge is -2.27. The summed E-state index contributed by atoms with van der Waals surface area (Å²) in [7, 11) is 0.125. The van der Waals surface area contributed by atoms with Gasteiger partial charge in [-0.15, -0.1) is 0 Å². The number of aromatic nitrogens is 1. The van der Waals surface area contributed by atoms with Gasteiger partial charge in [-0.3, -0.25) is 14.6 Å². The van der Waals surface area contributed by atoms with Crippen molar-refractivity contribution in [3.63, 3.8) is 0 Å². The third-order valence-corrected chi connectivity index (χ3v) is 10.8. The number of esters is 1. The van der Waals surface area contributed by atoms with Gasteiger partial charge in [0.15, 0.2) is 11.5 Å². The van der Waals surface area contributed by atoms with Crippen LogP contribution in [-0.2, 0) is 26.0 Å². The summed E-state index contributed by atoms with van der Waals surface area (Å²) in [6, 6.07) is 6.90. The Morgan fingerprint density at radius 3 is 2.35 bits per heavy atom. The summed E-state index contributed by atoms with van der Waals surface area (Å²) in [5.41, 5.74) is 0.785. The molecule has 1 saturated carbocycles. The van der Waals surface area contributed by atoms with Crippen LogP contribution < -0.4 is 14.2 Å². The number of benzene rings is 2. The zero-order valence-corrected chi connectivity index (χ0v) is 29.2. The summed E-state index contributed by atoms with van der Waals surface area (Å²) in [6.07, 6.45) is 4.02. The van der Waals surface area contributed by atoms with Crippen LogP contribution in [0.2, 0.25) is 10.0 Å². The molecule has 2 heterocycles. The maximum Gasteiger partial charge on any atom is 0.387 e. The van der Waals surface area contributed by atoms with Crippen LogP contribution in [0.5, 0.6) is 17.2 Å². The summed E-state index contributed by atoms with van der Waals surface area (Å²) >= 11 is 12.8. The van der Waals surface area contributed by atoms with Crippen molar-refractivity contribution in [2.75, 3.05) is 34.4 Å². The molecule has 11 nitrogen and oxygen atoms in total. The molecule has 0 bridgehead atoms. The molecule has 16 heteroatoms. The van der Waals surface area contributed by atoms with E-state index < -0.39 is 40.7 Å². The molecule has 1 aliphatic heterocycles. The number of ether oxygens (including phenoxy) is 4. The van der Waals surface area contributed by atoms with Crippen LogP contribution in [0.15, 0.2) is 53.7 Å². The van der Waals surface area contributed by atoms with Crippen LogP contribution in [0.4, 0.5) is 8.78 Å². The molecule has 2 aromatic carbocycles. The number of carbonyl (C=O) groups is 2. The summed E-state index contributed by atoms with van der Waals surface area (Å²) in [5.74, 6) is -0.984. The molecule has 1 aliphatic carbocycles. The van der Waals surface area contributed by atoms with E-state index in [2.05, 4.69) is 9.72 Å². The highest BCUT2D eigenvalue weighted by Gasteiger charge is 2.42. The number of halogens is 4. The molecule has 0 N–H and O–H groups in total.